The van der Waals surface area contributed by atoms with Gasteiger partial charge in [-0.1, -0.05) is 0 Å². The zero-order valence-electron chi connectivity index (χ0n) is 11.3. The molecule has 1 saturated carbocycles. The van der Waals surface area contributed by atoms with Gasteiger partial charge in [0.05, 0.1) is 6.61 Å². The number of amides is 1. The van der Waals surface area contributed by atoms with Crippen LogP contribution in [0.1, 0.15) is 36.3 Å². The first-order valence-electron chi connectivity index (χ1n) is 6.29. The van der Waals surface area contributed by atoms with Gasteiger partial charge in [0, 0.05) is 36.1 Å². The Kier molecular flexibility index (Phi) is 4.41. The van der Waals surface area contributed by atoms with Gasteiger partial charge in [-0.15, -0.1) is 0 Å². The molecular formula is C12H17ClN2O4S. The van der Waals surface area contributed by atoms with Crippen molar-refractivity contribution in [3.05, 3.63) is 18.0 Å². The predicted octanol–water partition coefficient (Wildman–Crippen LogP) is 1.52. The molecule has 0 saturated heterocycles. The van der Waals surface area contributed by atoms with E-state index < -0.39 is 9.05 Å². The molecule has 0 radical (unpaired) electrons. The maximum atomic E-state index is 12.2. The van der Waals surface area contributed by atoms with Gasteiger partial charge in [0.2, 0.25) is 0 Å². The Hall–Kier alpha value is -1.05. The Balaban J connectivity index is 2.25. The lowest BCUT2D eigenvalue weighted by Gasteiger charge is -2.14. The molecule has 2 rings (SSSR count). The van der Waals surface area contributed by atoms with Gasteiger partial charge in [-0.05, 0) is 25.8 Å². The summed E-state index contributed by atoms with van der Waals surface area (Å²) >= 11 is 0. The van der Waals surface area contributed by atoms with E-state index in [9.17, 15) is 13.2 Å². The Morgan fingerprint density at radius 1 is 1.60 bits per heavy atom. The highest BCUT2D eigenvalue weighted by Crippen LogP contribution is 2.37. The number of ether oxygens (including phenoxy) is 1. The third-order valence-electron chi connectivity index (χ3n) is 3.07. The number of methoxy groups -OCH3 is 1. The second-order valence-corrected chi connectivity index (χ2v) is 7.53. The molecule has 6 nitrogen and oxygen atoms in total. The van der Waals surface area contributed by atoms with Crippen molar-refractivity contribution >= 4 is 25.6 Å². The molecule has 20 heavy (non-hydrogen) atoms. The molecule has 112 valence electrons. The van der Waals surface area contributed by atoms with Crippen LogP contribution in [-0.4, -0.2) is 38.7 Å². The quantitative estimate of drug-likeness (QED) is 0.806. The summed E-state index contributed by atoms with van der Waals surface area (Å²) in [6.45, 7) is 2.20. The van der Waals surface area contributed by atoms with Crippen LogP contribution in [-0.2, 0) is 13.8 Å². The number of aromatic nitrogens is 1. The Morgan fingerprint density at radius 3 is 2.75 bits per heavy atom. The van der Waals surface area contributed by atoms with Gasteiger partial charge >= 0.3 is 0 Å². The second-order valence-electron chi connectivity index (χ2n) is 4.97. The molecule has 1 atom stereocenters. The maximum Gasteiger partial charge on any atom is 0.268 e. The van der Waals surface area contributed by atoms with E-state index in [-0.39, 0.29) is 22.9 Å². The van der Waals surface area contributed by atoms with E-state index in [4.69, 9.17) is 15.4 Å². The summed E-state index contributed by atoms with van der Waals surface area (Å²) in [6.07, 6.45) is 3.30. The summed E-state index contributed by atoms with van der Waals surface area (Å²) in [4.78, 5) is 12.2. The lowest BCUT2D eigenvalue weighted by atomic mass is 10.3. The number of carbonyl (C=O) groups is 1. The van der Waals surface area contributed by atoms with Crippen molar-refractivity contribution in [2.24, 2.45) is 0 Å². The number of halogens is 1. The highest BCUT2D eigenvalue weighted by molar-refractivity contribution is 8.13. The Bertz CT molecular complexity index is 607. The number of rotatable bonds is 6. The van der Waals surface area contributed by atoms with Crippen LogP contribution in [0.2, 0.25) is 0 Å². The van der Waals surface area contributed by atoms with Crippen molar-refractivity contribution in [1.29, 1.82) is 0 Å². The first-order valence-corrected chi connectivity index (χ1v) is 8.60. The second kappa shape index (κ2) is 5.75. The average molecular weight is 321 g/mol. The van der Waals surface area contributed by atoms with Crippen LogP contribution < -0.4 is 5.32 Å². The third-order valence-corrected chi connectivity index (χ3v) is 4.39. The number of nitrogens with zero attached hydrogens (tertiary/aromatic N) is 1. The van der Waals surface area contributed by atoms with Gasteiger partial charge < -0.3 is 14.6 Å². The molecule has 0 spiro atoms. The van der Waals surface area contributed by atoms with Crippen molar-refractivity contribution in [2.75, 3.05) is 13.7 Å². The number of carbonyl (C=O) groups excluding carboxylic acids is 1. The minimum atomic E-state index is -3.84. The highest BCUT2D eigenvalue weighted by Gasteiger charge is 2.30. The van der Waals surface area contributed by atoms with Crippen LogP contribution in [0.15, 0.2) is 17.2 Å². The van der Waals surface area contributed by atoms with E-state index in [1.807, 2.05) is 6.92 Å². The van der Waals surface area contributed by atoms with E-state index >= 15 is 0 Å². The van der Waals surface area contributed by atoms with E-state index in [2.05, 4.69) is 5.32 Å². The fourth-order valence-corrected chi connectivity index (χ4v) is 2.76. The smallest absolute Gasteiger partial charge is 0.268 e. The van der Waals surface area contributed by atoms with Gasteiger partial charge in [0.25, 0.3) is 15.0 Å². The summed E-state index contributed by atoms with van der Waals surface area (Å²) in [5, 5.41) is 2.76. The average Bonchev–Trinajstić information content (AvgIpc) is 3.06. The number of hydrogen-bond acceptors (Lipinski definition) is 4. The van der Waals surface area contributed by atoms with Crippen molar-refractivity contribution in [2.45, 2.75) is 36.7 Å². The minimum absolute atomic E-state index is 0.0457. The summed E-state index contributed by atoms with van der Waals surface area (Å²) in [5.74, 6) is -0.326. The molecule has 1 unspecified atom stereocenters. The zero-order chi connectivity index (χ0) is 14.9. The standard InChI is InChI=1S/C12H17ClN2O4S/c1-8(7-19-2)14-12(16)11-5-10(20(13,17)18)6-15(11)9-3-4-9/h5-6,8-9H,3-4,7H2,1-2H3,(H,14,16). The Morgan fingerprint density at radius 2 is 2.25 bits per heavy atom. The monoisotopic (exact) mass is 320 g/mol. The first-order chi connectivity index (χ1) is 9.32. The molecule has 1 aromatic rings. The fourth-order valence-electron chi connectivity index (χ4n) is 2.01. The van der Waals surface area contributed by atoms with Crippen LogP contribution in [0.5, 0.6) is 0 Å². The molecule has 1 N–H and O–H groups in total. The summed E-state index contributed by atoms with van der Waals surface area (Å²) in [6, 6.07) is 1.34. The lowest BCUT2D eigenvalue weighted by molar-refractivity contribution is 0.0896. The number of hydrogen-bond donors (Lipinski definition) is 1. The van der Waals surface area contributed by atoms with Gasteiger partial charge in [-0.25, -0.2) is 8.42 Å². The number of nitrogens with one attached hydrogen (secondary N) is 1. The van der Waals surface area contributed by atoms with Gasteiger partial charge in [0.1, 0.15) is 10.6 Å². The molecule has 0 bridgehead atoms. The normalized spacial score (nSPS) is 16.9. The van der Waals surface area contributed by atoms with Crippen molar-refractivity contribution in [1.82, 2.24) is 9.88 Å². The molecule has 1 aliphatic rings. The van der Waals surface area contributed by atoms with E-state index in [0.29, 0.717) is 12.3 Å². The van der Waals surface area contributed by atoms with Crippen molar-refractivity contribution < 1.29 is 17.9 Å². The minimum Gasteiger partial charge on any atom is -0.383 e. The summed E-state index contributed by atoms with van der Waals surface area (Å²) < 4.78 is 29.4. The van der Waals surface area contributed by atoms with Gasteiger partial charge in [-0.3, -0.25) is 4.79 Å². The maximum absolute atomic E-state index is 12.2. The molecule has 1 heterocycles. The molecule has 1 fully saturated rings. The van der Waals surface area contributed by atoms with Crippen LogP contribution in [0, 0.1) is 0 Å². The third kappa shape index (κ3) is 3.53. The van der Waals surface area contributed by atoms with E-state index in [0.717, 1.165) is 12.8 Å². The molecule has 8 heteroatoms. The molecular weight excluding hydrogens is 304 g/mol. The molecule has 1 aromatic heterocycles. The highest BCUT2D eigenvalue weighted by atomic mass is 35.7. The summed E-state index contributed by atoms with van der Waals surface area (Å²) in [7, 11) is 3.05. The topological polar surface area (TPSA) is 77.4 Å². The lowest BCUT2D eigenvalue weighted by Crippen LogP contribution is -2.36. The Labute approximate surface area is 122 Å². The van der Waals surface area contributed by atoms with E-state index in [1.165, 1.54) is 12.3 Å². The predicted molar refractivity (Wildman–Crippen MR) is 74.5 cm³/mol. The first kappa shape index (κ1) is 15.3. The largest absolute Gasteiger partial charge is 0.383 e. The van der Waals surface area contributed by atoms with Crippen molar-refractivity contribution in [3.63, 3.8) is 0 Å². The zero-order valence-corrected chi connectivity index (χ0v) is 12.9. The molecule has 1 aliphatic carbocycles. The van der Waals surface area contributed by atoms with Crippen LogP contribution >= 0.6 is 10.7 Å². The van der Waals surface area contributed by atoms with E-state index in [1.54, 1.807) is 11.7 Å². The molecule has 1 amide bonds. The van der Waals surface area contributed by atoms with Crippen LogP contribution in [0.4, 0.5) is 0 Å². The van der Waals surface area contributed by atoms with Gasteiger partial charge in [0.15, 0.2) is 0 Å². The summed E-state index contributed by atoms with van der Waals surface area (Å²) in [5.41, 5.74) is 0.315. The van der Waals surface area contributed by atoms with Crippen molar-refractivity contribution in [3.8, 4) is 0 Å². The van der Waals surface area contributed by atoms with Gasteiger partial charge in [-0.2, -0.15) is 0 Å². The van der Waals surface area contributed by atoms with Crippen LogP contribution in [0.3, 0.4) is 0 Å². The van der Waals surface area contributed by atoms with Crippen LogP contribution in [0.25, 0.3) is 0 Å². The molecule has 0 aliphatic heterocycles. The SMILES string of the molecule is COCC(C)NC(=O)c1cc(S(=O)(=O)Cl)cn1C1CC1. The fraction of sp³-hybridized carbons (Fsp3) is 0.583. The molecule has 0 aromatic carbocycles.